The van der Waals surface area contributed by atoms with Gasteiger partial charge in [-0.25, -0.2) is 8.78 Å². The van der Waals surface area contributed by atoms with Gasteiger partial charge in [-0.15, -0.1) is 0 Å². The quantitative estimate of drug-likeness (QED) is 0.918. The highest BCUT2D eigenvalue weighted by molar-refractivity contribution is 9.10. The Morgan fingerprint density at radius 1 is 1.33 bits per heavy atom. The number of nitrogens with one attached hydrogen (secondary N) is 1. The van der Waals surface area contributed by atoms with Crippen molar-refractivity contribution in [1.82, 2.24) is 10.2 Å². The van der Waals surface area contributed by atoms with Crippen LogP contribution in [0.4, 0.5) is 8.78 Å². The monoisotopic (exact) mass is 320 g/mol. The normalized spacial score (nSPS) is 10.1. The van der Waals surface area contributed by atoms with Crippen molar-refractivity contribution >= 4 is 27.7 Å². The maximum Gasteiger partial charge on any atom is 0.260 e. The molecule has 4 nitrogen and oxygen atoms in total. The molecule has 18 heavy (non-hydrogen) atoms. The second-order valence-electron chi connectivity index (χ2n) is 3.58. The summed E-state index contributed by atoms with van der Waals surface area (Å²) in [6.45, 7) is -0.274. The zero-order valence-corrected chi connectivity index (χ0v) is 11.3. The highest BCUT2D eigenvalue weighted by atomic mass is 79.9. The van der Waals surface area contributed by atoms with Crippen molar-refractivity contribution in [1.29, 1.82) is 0 Å². The second kappa shape index (κ2) is 5.90. The molecule has 0 aliphatic rings. The molecule has 0 aliphatic heterocycles. The van der Waals surface area contributed by atoms with Gasteiger partial charge in [0.2, 0.25) is 5.91 Å². The molecule has 0 radical (unpaired) electrons. The molecule has 1 rings (SSSR count). The van der Waals surface area contributed by atoms with Gasteiger partial charge in [-0.2, -0.15) is 0 Å². The largest absolute Gasteiger partial charge is 0.358 e. The van der Waals surface area contributed by atoms with E-state index in [9.17, 15) is 18.4 Å². The molecule has 0 fully saturated rings. The molecule has 1 N–H and O–H groups in total. The van der Waals surface area contributed by atoms with Crippen LogP contribution in [-0.4, -0.2) is 37.4 Å². The van der Waals surface area contributed by atoms with Gasteiger partial charge >= 0.3 is 0 Å². The predicted molar refractivity (Wildman–Crippen MR) is 65.1 cm³/mol. The van der Waals surface area contributed by atoms with Gasteiger partial charge in [-0.05, 0) is 12.1 Å². The van der Waals surface area contributed by atoms with Gasteiger partial charge in [-0.3, -0.25) is 9.59 Å². The molecule has 0 saturated heterocycles. The van der Waals surface area contributed by atoms with Crippen LogP contribution in [0.25, 0.3) is 0 Å². The lowest BCUT2D eigenvalue weighted by molar-refractivity contribution is -0.121. The van der Waals surface area contributed by atoms with Crippen LogP contribution in [-0.2, 0) is 4.79 Å². The fourth-order valence-corrected chi connectivity index (χ4v) is 1.71. The summed E-state index contributed by atoms with van der Waals surface area (Å²) in [7, 11) is 2.69. The Kier molecular flexibility index (Phi) is 4.77. The molecule has 1 aromatic carbocycles. The van der Waals surface area contributed by atoms with Crippen LogP contribution in [0.2, 0.25) is 0 Å². The minimum absolute atomic E-state index is 0.197. The van der Waals surface area contributed by atoms with E-state index in [2.05, 4.69) is 21.2 Å². The Morgan fingerprint density at radius 3 is 2.28 bits per heavy atom. The zero-order chi connectivity index (χ0) is 13.9. The van der Waals surface area contributed by atoms with Gasteiger partial charge in [0, 0.05) is 18.6 Å². The van der Waals surface area contributed by atoms with Crippen molar-refractivity contribution in [3.8, 4) is 0 Å². The summed E-state index contributed by atoms with van der Waals surface area (Å²) in [4.78, 5) is 23.8. The topological polar surface area (TPSA) is 49.4 Å². The van der Waals surface area contributed by atoms with E-state index < -0.39 is 29.0 Å². The number of hydrogen-bond acceptors (Lipinski definition) is 2. The lowest BCUT2D eigenvalue weighted by Crippen LogP contribution is -2.37. The Morgan fingerprint density at radius 2 is 1.83 bits per heavy atom. The molecule has 98 valence electrons. The highest BCUT2D eigenvalue weighted by Crippen LogP contribution is 2.20. The maximum atomic E-state index is 13.5. The van der Waals surface area contributed by atoms with E-state index in [1.165, 1.54) is 14.1 Å². The lowest BCUT2D eigenvalue weighted by Gasteiger charge is -2.17. The first-order valence-electron chi connectivity index (χ1n) is 4.97. The van der Waals surface area contributed by atoms with E-state index in [0.717, 1.165) is 17.0 Å². The summed E-state index contributed by atoms with van der Waals surface area (Å²) >= 11 is 2.92. The zero-order valence-electron chi connectivity index (χ0n) is 9.76. The number of carbonyl (C=O) groups excluding carboxylic acids is 2. The molecule has 0 saturated carbocycles. The number of rotatable bonds is 3. The number of amides is 2. The molecule has 0 heterocycles. The first-order chi connectivity index (χ1) is 8.36. The summed E-state index contributed by atoms with van der Waals surface area (Å²) in [5.74, 6) is -3.27. The van der Waals surface area contributed by atoms with Gasteiger partial charge in [0.1, 0.15) is 17.2 Å². The Hall–Kier alpha value is -1.50. The van der Waals surface area contributed by atoms with Crippen molar-refractivity contribution in [2.45, 2.75) is 0 Å². The van der Waals surface area contributed by atoms with Crippen LogP contribution in [0.3, 0.4) is 0 Å². The fraction of sp³-hybridized carbons (Fsp3) is 0.273. The van der Waals surface area contributed by atoms with Gasteiger partial charge in [0.25, 0.3) is 5.91 Å². The highest BCUT2D eigenvalue weighted by Gasteiger charge is 2.22. The molecular formula is C11H11BrF2N2O2. The minimum Gasteiger partial charge on any atom is -0.358 e. The third kappa shape index (κ3) is 3.25. The van der Waals surface area contributed by atoms with Gasteiger partial charge in [0.15, 0.2) is 0 Å². The van der Waals surface area contributed by atoms with Crippen molar-refractivity contribution in [3.05, 3.63) is 33.8 Å². The molecule has 7 heteroatoms. The third-order valence-corrected chi connectivity index (χ3v) is 2.68. The minimum atomic E-state index is -0.976. The van der Waals surface area contributed by atoms with E-state index in [-0.39, 0.29) is 11.0 Å². The average Bonchev–Trinajstić information content (AvgIpc) is 2.27. The van der Waals surface area contributed by atoms with Gasteiger partial charge < -0.3 is 10.2 Å². The number of hydrogen-bond donors (Lipinski definition) is 1. The van der Waals surface area contributed by atoms with Crippen LogP contribution in [0, 0.1) is 11.6 Å². The predicted octanol–water partition coefficient (Wildman–Crippen LogP) is 1.55. The SMILES string of the molecule is CNC(=O)CN(C)C(=O)c1c(F)cc(Br)cc1F. The molecule has 2 amide bonds. The number of likely N-dealkylation sites (N-methyl/N-ethyl adjacent to an activating group) is 2. The Labute approximate surface area is 111 Å². The lowest BCUT2D eigenvalue weighted by atomic mass is 10.1. The summed E-state index contributed by atoms with van der Waals surface area (Å²) < 4.78 is 27.2. The summed E-state index contributed by atoms with van der Waals surface area (Å²) in [6.07, 6.45) is 0. The summed E-state index contributed by atoms with van der Waals surface area (Å²) in [5.41, 5.74) is -0.676. The molecule has 0 aromatic heterocycles. The van der Waals surface area contributed by atoms with E-state index in [0.29, 0.717) is 0 Å². The number of nitrogens with zero attached hydrogens (tertiary/aromatic N) is 1. The summed E-state index contributed by atoms with van der Waals surface area (Å²) in [5, 5.41) is 2.31. The Balaban J connectivity index is 3.00. The van der Waals surface area contributed by atoms with E-state index >= 15 is 0 Å². The number of halogens is 3. The molecule has 0 aliphatic carbocycles. The van der Waals surface area contributed by atoms with E-state index in [1.807, 2.05) is 0 Å². The van der Waals surface area contributed by atoms with Crippen molar-refractivity contribution in [2.75, 3.05) is 20.6 Å². The second-order valence-corrected chi connectivity index (χ2v) is 4.49. The number of benzene rings is 1. The standard InChI is InChI=1S/C11H11BrF2N2O2/c1-15-9(17)5-16(2)11(18)10-7(13)3-6(12)4-8(10)14/h3-4H,5H2,1-2H3,(H,15,17). The molecule has 0 atom stereocenters. The van der Waals surface area contributed by atoms with Crippen LogP contribution in [0.1, 0.15) is 10.4 Å². The smallest absolute Gasteiger partial charge is 0.260 e. The first-order valence-corrected chi connectivity index (χ1v) is 5.76. The first kappa shape index (κ1) is 14.6. The van der Waals surface area contributed by atoms with Gasteiger partial charge in [-0.1, -0.05) is 15.9 Å². The fourth-order valence-electron chi connectivity index (χ4n) is 1.30. The third-order valence-electron chi connectivity index (χ3n) is 2.23. The molecule has 0 spiro atoms. The van der Waals surface area contributed by atoms with Crippen LogP contribution >= 0.6 is 15.9 Å². The molecule has 1 aromatic rings. The van der Waals surface area contributed by atoms with Crippen molar-refractivity contribution < 1.29 is 18.4 Å². The number of carbonyl (C=O) groups is 2. The van der Waals surface area contributed by atoms with Gasteiger partial charge in [0.05, 0.1) is 6.54 Å². The van der Waals surface area contributed by atoms with Crippen molar-refractivity contribution in [3.63, 3.8) is 0 Å². The van der Waals surface area contributed by atoms with E-state index in [1.54, 1.807) is 0 Å². The maximum absolute atomic E-state index is 13.5. The average molecular weight is 321 g/mol. The van der Waals surface area contributed by atoms with E-state index in [4.69, 9.17) is 0 Å². The Bertz CT molecular complexity index is 471. The van der Waals surface area contributed by atoms with Crippen LogP contribution < -0.4 is 5.32 Å². The van der Waals surface area contributed by atoms with Crippen LogP contribution in [0.5, 0.6) is 0 Å². The van der Waals surface area contributed by atoms with Crippen molar-refractivity contribution in [2.24, 2.45) is 0 Å². The molecule has 0 unspecified atom stereocenters. The molecular weight excluding hydrogens is 310 g/mol. The summed E-state index contributed by atoms with van der Waals surface area (Å²) in [6, 6.07) is 1.98. The van der Waals surface area contributed by atoms with Crippen LogP contribution in [0.15, 0.2) is 16.6 Å². The molecule has 0 bridgehead atoms.